The zero-order chi connectivity index (χ0) is 25.6. The summed E-state index contributed by atoms with van der Waals surface area (Å²) < 4.78 is 15.9. The van der Waals surface area contributed by atoms with Crippen LogP contribution in [0.15, 0.2) is 36.4 Å². The number of fused-ring (bicyclic) bond motifs is 3. The van der Waals surface area contributed by atoms with Gasteiger partial charge in [-0.25, -0.2) is 4.39 Å². The number of rotatable bonds is 7. The zero-order valence-corrected chi connectivity index (χ0v) is 20.0. The highest BCUT2D eigenvalue weighted by Gasteiger charge is 2.51. The van der Waals surface area contributed by atoms with Crippen LogP contribution in [0.4, 0.5) is 4.39 Å². The van der Waals surface area contributed by atoms with Crippen molar-refractivity contribution in [2.45, 2.75) is 51.0 Å². The molecule has 4 N–H and O–H groups in total. The standard InChI is InChI=1S/C25H25ClFN5O4/c26-18-8-13(12-33)7-15(21(18)27)10-29-25(36)23-14-5-6-16(9-14)32(23)20(34)11-31-19-4-2-1-3-17(19)22(30-31)24(28)35/h1-4,7-8,14,16,23,33H,5-6,9-12H2,(H2,28,35)(H,29,36)/t14-,16+,23-/m0/s1. The van der Waals surface area contributed by atoms with E-state index in [0.29, 0.717) is 16.5 Å². The lowest BCUT2D eigenvalue weighted by molar-refractivity contribution is -0.143. The van der Waals surface area contributed by atoms with Crippen LogP contribution in [0.25, 0.3) is 10.9 Å². The van der Waals surface area contributed by atoms with Gasteiger partial charge in [-0.15, -0.1) is 0 Å². The van der Waals surface area contributed by atoms with E-state index in [1.165, 1.54) is 16.8 Å². The second-order valence-corrected chi connectivity index (χ2v) is 9.69. The lowest BCUT2D eigenvalue weighted by Gasteiger charge is -2.34. The van der Waals surface area contributed by atoms with Crippen molar-refractivity contribution < 1.29 is 23.9 Å². The lowest BCUT2D eigenvalue weighted by atomic mass is 9.97. The number of aliphatic hydroxyl groups excluding tert-OH is 1. The van der Waals surface area contributed by atoms with Gasteiger partial charge in [0.1, 0.15) is 18.4 Å². The summed E-state index contributed by atoms with van der Waals surface area (Å²) in [5.41, 5.74) is 6.74. The number of carbonyl (C=O) groups excluding carboxylic acids is 3. The van der Waals surface area contributed by atoms with Crippen LogP contribution in [-0.2, 0) is 29.3 Å². The largest absolute Gasteiger partial charge is 0.392 e. The van der Waals surface area contributed by atoms with E-state index in [2.05, 4.69) is 10.4 Å². The number of aliphatic hydroxyl groups is 1. The van der Waals surface area contributed by atoms with Crippen LogP contribution in [0.2, 0.25) is 5.02 Å². The van der Waals surface area contributed by atoms with Gasteiger partial charge in [-0.2, -0.15) is 5.10 Å². The number of nitrogens with zero attached hydrogens (tertiary/aromatic N) is 3. The van der Waals surface area contributed by atoms with Gasteiger partial charge in [0, 0.05) is 23.5 Å². The number of halogens is 2. The van der Waals surface area contributed by atoms with Crippen molar-refractivity contribution in [3.05, 3.63) is 64.1 Å². The summed E-state index contributed by atoms with van der Waals surface area (Å²) in [7, 11) is 0. The van der Waals surface area contributed by atoms with Crippen LogP contribution in [0.3, 0.4) is 0 Å². The second kappa shape index (κ2) is 9.51. The van der Waals surface area contributed by atoms with Crippen molar-refractivity contribution in [2.24, 2.45) is 11.7 Å². The summed E-state index contributed by atoms with van der Waals surface area (Å²) in [5, 5.41) is 16.8. The number of nitrogens with one attached hydrogen (secondary N) is 1. The minimum Gasteiger partial charge on any atom is -0.392 e. The Morgan fingerprint density at radius 2 is 2.00 bits per heavy atom. The van der Waals surface area contributed by atoms with Crippen LogP contribution in [0.1, 0.15) is 40.9 Å². The van der Waals surface area contributed by atoms with Gasteiger partial charge >= 0.3 is 0 Å². The Hall–Kier alpha value is -3.50. The van der Waals surface area contributed by atoms with Gasteiger partial charge in [0.05, 0.1) is 17.1 Å². The SMILES string of the molecule is NC(=O)c1nn(CC(=O)N2[C@@H]3CC[C@@H](C3)[C@H]2C(=O)NCc2cc(CO)cc(Cl)c2F)c2ccccc12. The van der Waals surface area contributed by atoms with Crippen molar-refractivity contribution in [1.29, 1.82) is 0 Å². The molecule has 2 aromatic carbocycles. The topological polar surface area (TPSA) is 131 Å². The molecule has 5 rings (SSSR count). The van der Waals surface area contributed by atoms with Crippen LogP contribution < -0.4 is 11.1 Å². The summed E-state index contributed by atoms with van der Waals surface area (Å²) in [6, 6.07) is 9.03. The second-order valence-electron chi connectivity index (χ2n) is 9.29. The maximum atomic E-state index is 14.5. The number of nitrogens with two attached hydrogens (primary N) is 1. The summed E-state index contributed by atoms with van der Waals surface area (Å²) >= 11 is 5.91. The van der Waals surface area contributed by atoms with Gasteiger partial charge in [0.15, 0.2) is 5.69 Å². The summed E-state index contributed by atoms with van der Waals surface area (Å²) in [6.07, 6.45) is 2.34. The normalized spacial score (nSPS) is 20.8. The number of aromatic nitrogens is 2. The fourth-order valence-electron chi connectivity index (χ4n) is 5.54. The third-order valence-corrected chi connectivity index (χ3v) is 7.39. The van der Waals surface area contributed by atoms with E-state index >= 15 is 0 Å². The van der Waals surface area contributed by atoms with Gasteiger partial charge in [-0.05, 0) is 48.9 Å². The van der Waals surface area contributed by atoms with Crippen LogP contribution in [-0.4, -0.2) is 49.6 Å². The number of hydrogen-bond acceptors (Lipinski definition) is 5. The molecule has 11 heteroatoms. The third kappa shape index (κ3) is 4.20. The van der Waals surface area contributed by atoms with Crippen molar-refractivity contribution >= 4 is 40.2 Å². The summed E-state index contributed by atoms with van der Waals surface area (Å²) in [4.78, 5) is 40.1. The molecule has 0 spiro atoms. The molecule has 2 fully saturated rings. The first-order chi connectivity index (χ1) is 17.3. The molecule has 2 bridgehead atoms. The van der Waals surface area contributed by atoms with E-state index in [4.69, 9.17) is 17.3 Å². The summed E-state index contributed by atoms with van der Waals surface area (Å²) in [5.74, 6) is -2.00. The Kier molecular flexibility index (Phi) is 6.40. The van der Waals surface area contributed by atoms with E-state index in [1.807, 2.05) is 0 Å². The zero-order valence-electron chi connectivity index (χ0n) is 19.3. The Morgan fingerprint density at radius 3 is 2.75 bits per heavy atom. The first-order valence-electron chi connectivity index (χ1n) is 11.7. The Labute approximate surface area is 211 Å². The Balaban J connectivity index is 1.35. The molecule has 1 saturated carbocycles. The highest BCUT2D eigenvalue weighted by atomic mass is 35.5. The molecule has 1 aliphatic carbocycles. The molecule has 36 heavy (non-hydrogen) atoms. The first kappa shape index (κ1) is 24.2. The quantitative estimate of drug-likeness (QED) is 0.445. The first-order valence-corrected chi connectivity index (χ1v) is 12.1. The number of hydrogen-bond donors (Lipinski definition) is 3. The number of primary amides is 1. The van der Waals surface area contributed by atoms with Gasteiger partial charge in [-0.3, -0.25) is 19.1 Å². The number of likely N-dealkylation sites (tertiary alicyclic amines) is 1. The third-order valence-electron chi connectivity index (χ3n) is 7.12. The smallest absolute Gasteiger partial charge is 0.269 e. The van der Waals surface area contributed by atoms with Crippen LogP contribution in [0.5, 0.6) is 0 Å². The molecule has 2 heterocycles. The lowest BCUT2D eigenvalue weighted by Crippen LogP contribution is -2.53. The molecule has 188 valence electrons. The molecular weight excluding hydrogens is 489 g/mol. The number of carbonyl (C=O) groups is 3. The molecule has 3 amide bonds. The van der Waals surface area contributed by atoms with E-state index in [0.717, 1.165) is 19.3 Å². The molecule has 1 aromatic heterocycles. The van der Waals surface area contributed by atoms with Crippen molar-refractivity contribution in [3.8, 4) is 0 Å². The van der Waals surface area contributed by atoms with Crippen LogP contribution >= 0.6 is 11.6 Å². The van der Waals surface area contributed by atoms with E-state index in [9.17, 15) is 23.9 Å². The van der Waals surface area contributed by atoms with E-state index in [1.54, 1.807) is 29.2 Å². The fourth-order valence-corrected chi connectivity index (χ4v) is 5.80. The van der Waals surface area contributed by atoms with Crippen molar-refractivity contribution in [2.75, 3.05) is 0 Å². The van der Waals surface area contributed by atoms with E-state index < -0.39 is 17.8 Å². The van der Waals surface area contributed by atoms with Gasteiger partial charge < -0.3 is 21.1 Å². The fraction of sp³-hybridized carbons (Fsp3) is 0.360. The van der Waals surface area contributed by atoms with Crippen molar-refractivity contribution in [3.63, 3.8) is 0 Å². The highest BCUT2D eigenvalue weighted by molar-refractivity contribution is 6.30. The summed E-state index contributed by atoms with van der Waals surface area (Å²) in [6.45, 7) is -0.585. The highest BCUT2D eigenvalue weighted by Crippen LogP contribution is 2.42. The molecule has 1 aliphatic heterocycles. The number of piperidine rings is 1. The molecule has 3 atom stereocenters. The predicted molar refractivity (Wildman–Crippen MR) is 129 cm³/mol. The van der Waals surface area contributed by atoms with Gasteiger partial charge in [-0.1, -0.05) is 29.8 Å². The monoisotopic (exact) mass is 513 g/mol. The molecule has 0 unspecified atom stereocenters. The average molecular weight is 514 g/mol. The minimum atomic E-state index is -0.688. The Bertz CT molecular complexity index is 1380. The van der Waals surface area contributed by atoms with Gasteiger partial charge in [0.25, 0.3) is 5.91 Å². The van der Waals surface area contributed by atoms with Crippen LogP contribution in [0, 0.1) is 11.7 Å². The average Bonchev–Trinajstić information content (AvgIpc) is 3.58. The molecule has 9 nitrogen and oxygen atoms in total. The molecule has 0 radical (unpaired) electrons. The molecular formula is C25H25ClFN5O4. The van der Waals surface area contributed by atoms with Crippen molar-refractivity contribution in [1.82, 2.24) is 20.0 Å². The maximum Gasteiger partial charge on any atom is 0.269 e. The maximum absolute atomic E-state index is 14.5. The predicted octanol–water partition coefficient (Wildman–Crippen LogP) is 2.12. The number of amides is 3. The molecule has 1 saturated heterocycles. The molecule has 3 aromatic rings. The molecule has 2 aliphatic rings. The Morgan fingerprint density at radius 1 is 1.22 bits per heavy atom. The van der Waals surface area contributed by atoms with Gasteiger partial charge in [0.2, 0.25) is 11.8 Å². The minimum absolute atomic E-state index is 0.00621. The number of benzene rings is 2. The van der Waals surface area contributed by atoms with E-state index in [-0.39, 0.29) is 59.8 Å². The number of para-hydroxylation sites is 1.